The number of hydrogen-bond acceptors (Lipinski definition) is 4. The van der Waals surface area contributed by atoms with Crippen LogP contribution in [0.4, 0.5) is 5.69 Å². The van der Waals surface area contributed by atoms with Gasteiger partial charge in [-0.3, -0.25) is 4.79 Å². The fraction of sp³-hybridized carbons (Fsp3) is 0.333. The Morgan fingerprint density at radius 1 is 1.17 bits per heavy atom. The van der Waals surface area contributed by atoms with Gasteiger partial charge in [-0.2, -0.15) is 22.5 Å². The third-order valence-corrected chi connectivity index (χ3v) is 5.29. The molecule has 128 valence electrons. The number of hydrogen-bond donors (Lipinski definition) is 2. The van der Waals surface area contributed by atoms with Gasteiger partial charge in [0.1, 0.15) is 0 Å². The first-order valence-electron chi connectivity index (χ1n) is 7.69. The molecule has 0 saturated carbocycles. The van der Waals surface area contributed by atoms with Crippen molar-refractivity contribution in [3.8, 4) is 5.69 Å². The largest absolute Gasteiger partial charge is 0.325 e. The van der Waals surface area contributed by atoms with Gasteiger partial charge in [0.15, 0.2) is 0 Å². The number of carbonyl (C=O) groups excluding carboxylic acids is 1. The van der Waals surface area contributed by atoms with Crippen molar-refractivity contribution in [3.63, 3.8) is 0 Å². The van der Waals surface area contributed by atoms with E-state index in [0.29, 0.717) is 18.8 Å². The minimum Gasteiger partial charge on any atom is -0.325 e. The standard InChI is InChI=1S/C15H19N5O3S/c21-15(12-17-24(22,23)19-9-1-2-10-19)18-13-4-6-14(7-5-13)20-11-3-8-16-20/h3-8,11,17H,1-2,9-10,12H2,(H,18,21). The maximum absolute atomic E-state index is 12.0. The molecule has 0 radical (unpaired) electrons. The third-order valence-electron chi connectivity index (χ3n) is 3.74. The van der Waals surface area contributed by atoms with Crippen LogP contribution in [0.15, 0.2) is 42.7 Å². The molecule has 8 nitrogen and oxygen atoms in total. The van der Waals surface area contributed by atoms with Crippen molar-refractivity contribution in [1.29, 1.82) is 0 Å². The summed E-state index contributed by atoms with van der Waals surface area (Å²) in [5.41, 5.74) is 1.46. The topological polar surface area (TPSA) is 96.3 Å². The summed E-state index contributed by atoms with van der Waals surface area (Å²) in [5, 5.41) is 6.78. The van der Waals surface area contributed by atoms with E-state index >= 15 is 0 Å². The number of rotatable bonds is 6. The summed E-state index contributed by atoms with van der Waals surface area (Å²) in [4.78, 5) is 11.9. The van der Waals surface area contributed by atoms with Crippen molar-refractivity contribution in [2.45, 2.75) is 12.8 Å². The highest BCUT2D eigenvalue weighted by atomic mass is 32.2. The lowest BCUT2D eigenvalue weighted by Crippen LogP contribution is -2.42. The van der Waals surface area contributed by atoms with Crippen LogP contribution < -0.4 is 10.0 Å². The normalized spacial score (nSPS) is 15.5. The second-order valence-corrected chi connectivity index (χ2v) is 7.23. The number of nitrogens with zero attached hydrogens (tertiary/aromatic N) is 3. The molecule has 3 rings (SSSR count). The molecule has 0 unspecified atom stereocenters. The van der Waals surface area contributed by atoms with Crippen LogP contribution >= 0.6 is 0 Å². The molecule has 0 spiro atoms. The first-order chi connectivity index (χ1) is 11.5. The number of carbonyl (C=O) groups is 1. The Morgan fingerprint density at radius 3 is 2.50 bits per heavy atom. The number of benzene rings is 1. The van der Waals surface area contributed by atoms with Crippen LogP contribution in [0.1, 0.15) is 12.8 Å². The van der Waals surface area contributed by atoms with Gasteiger partial charge in [-0.25, -0.2) is 4.68 Å². The average Bonchev–Trinajstić information content (AvgIpc) is 3.27. The molecular weight excluding hydrogens is 330 g/mol. The van der Waals surface area contributed by atoms with E-state index in [1.807, 2.05) is 24.4 Å². The maximum atomic E-state index is 12.0. The van der Waals surface area contributed by atoms with E-state index in [9.17, 15) is 13.2 Å². The lowest BCUT2D eigenvalue weighted by atomic mass is 10.3. The molecule has 1 aromatic carbocycles. The SMILES string of the molecule is O=C(CNS(=O)(=O)N1CCCC1)Nc1ccc(-n2cccn2)cc1. The molecule has 24 heavy (non-hydrogen) atoms. The first-order valence-corrected chi connectivity index (χ1v) is 9.13. The predicted octanol–water partition coefficient (Wildman–Crippen LogP) is 0.741. The molecule has 1 aliphatic heterocycles. The van der Waals surface area contributed by atoms with Gasteiger partial charge in [0.05, 0.1) is 12.2 Å². The molecule has 2 aromatic rings. The lowest BCUT2D eigenvalue weighted by Gasteiger charge is -2.15. The summed E-state index contributed by atoms with van der Waals surface area (Å²) in [5.74, 6) is -0.412. The molecule has 2 heterocycles. The van der Waals surface area contributed by atoms with E-state index in [2.05, 4.69) is 15.1 Å². The summed E-state index contributed by atoms with van der Waals surface area (Å²) in [6.45, 7) is 0.720. The smallest absolute Gasteiger partial charge is 0.279 e. The van der Waals surface area contributed by atoms with Gasteiger partial charge in [0.25, 0.3) is 10.2 Å². The van der Waals surface area contributed by atoms with Crippen molar-refractivity contribution < 1.29 is 13.2 Å². The quantitative estimate of drug-likeness (QED) is 0.804. The lowest BCUT2D eigenvalue weighted by molar-refractivity contribution is -0.115. The van der Waals surface area contributed by atoms with E-state index in [1.165, 1.54) is 4.31 Å². The van der Waals surface area contributed by atoms with E-state index < -0.39 is 16.1 Å². The van der Waals surface area contributed by atoms with Gasteiger partial charge in [-0.15, -0.1) is 0 Å². The van der Waals surface area contributed by atoms with E-state index in [0.717, 1.165) is 18.5 Å². The van der Waals surface area contributed by atoms with E-state index in [1.54, 1.807) is 23.0 Å². The molecule has 9 heteroatoms. The van der Waals surface area contributed by atoms with Gasteiger partial charge in [0.2, 0.25) is 5.91 Å². The maximum Gasteiger partial charge on any atom is 0.279 e. The van der Waals surface area contributed by atoms with Crippen LogP contribution in [-0.4, -0.2) is 48.0 Å². The Labute approximate surface area is 140 Å². The highest BCUT2D eigenvalue weighted by molar-refractivity contribution is 7.87. The van der Waals surface area contributed by atoms with Crippen molar-refractivity contribution in [2.75, 3.05) is 25.0 Å². The van der Waals surface area contributed by atoms with Crippen molar-refractivity contribution in [3.05, 3.63) is 42.7 Å². The van der Waals surface area contributed by atoms with Gasteiger partial charge >= 0.3 is 0 Å². The molecule has 1 aromatic heterocycles. The second kappa shape index (κ2) is 7.12. The summed E-state index contributed by atoms with van der Waals surface area (Å²) in [7, 11) is -3.57. The van der Waals surface area contributed by atoms with Crippen molar-refractivity contribution in [2.24, 2.45) is 0 Å². The zero-order chi connectivity index (χ0) is 17.0. The average molecular weight is 349 g/mol. The van der Waals surface area contributed by atoms with Gasteiger partial charge in [-0.05, 0) is 43.2 Å². The zero-order valence-corrected chi connectivity index (χ0v) is 13.9. The molecule has 2 N–H and O–H groups in total. The monoisotopic (exact) mass is 349 g/mol. The van der Waals surface area contributed by atoms with Crippen LogP contribution in [-0.2, 0) is 15.0 Å². The molecule has 1 fully saturated rings. The van der Waals surface area contributed by atoms with Crippen molar-refractivity contribution >= 4 is 21.8 Å². The molecule has 1 amide bonds. The Morgan fingerprint density at radius 2 is 1.88 bits per heavy atom. The summed E-state index contributed by atoms with van der Waals surface area (Å²) in [6, 6.07) is 8.93. The molecule has 1 aliphatic rings. The fourth-order valence-corrected chi connectivity index (χ4v) is 3.74. The summed E-state index contributed by atoms with van der Waals surface area (Å²) >= 11 is 0. The molecule has 0 aliphatic carbocycles. The van der Waals surface area contributed by atoms with Crippen LogP contribution in [0.5, 0.6) is 0 Å². The molecule has 0 atom stereocenters. The Hall–Kier alpha value is -2.23. The fourth-order valence-electron chi connectivity index (χ4n) is 2.50. The zero-order valence-electron chi connectivity index (χ0n) is 13.1. The van der Waals surface area contributed by atoms with Crippen LogP contribution in [0, 0.1) is 0 Å². The summed E-state index contributed by atoms with van der Waals surface area (Å²) < 4.78 is 29.4. The molecule has 0 bridgehead atoms. The van der Waals surface area contributed by atoms with E-state index in [4.69, 9.17) is 0 Å². The minimum atomic E-state index is -3.57. The molecule has 1 saturated heterocycles. The minimum absolute atomic E-state index is 0.292. The summed E-state index contributed by atoms with van der Waals surface area (Å²) in [6.07, 6.45) is 5.22. The number of amides is 1. The Kier molecular flexibility index (Phi) is 4.93. The predicted molar refractivity (Wildman–Crippen MR) is 89.9 cm³/mol. The van der Waals surface area contributed by atoms with Gasteiger partial charge < -0.3 is 5.32 Å². The third kappa shape index (κ3) is 3.99. The highest BCUT2D eigenvalue weighted by Crippen LogP contribution is 2.13. The highest BCUT2D eigenvalue weighted by Gasteiger charge is 2.25. The number of nitrogens with one attached hydrogen (secondary N) is 2. The van der Waals surface area contributed by atoms with E-state index in [-0.39, 0.29) is 6.54 Å². The van der Waals surface area contributed by atoms with Crippen LogP contribution in [0.3, 0.4) is 0 Å². The van der Waals surface area contributed by atoms with Crippen LogP contribution in [0.2, 0.25) is 0 Å². The first kappa shape index (κ1) is 16.6. The number of aromatic nitrogens is 2. The Bertz CT molecular complexity index is 781. The molecular formula is C15H19N5O3S. The Balaban J connectivity index is 1.53. The second-order valence-electron chi connectivity index (χ2n) is 5.48. The van der Waals surface area contributed by atoms with Crippen molar-refractivity contribution in [1.82, 2.24) is 18.8 Å². The van der Waals surface area contributed by atoms with Gasteiger partial charge in [-0.1, -0.05) is 0 Å². The van der Waals surface area contributed by atoms with Crippen LogP contribution in [0.25, 0.3) is 5.69 Å². The number of anilines is 1. The van der Waals surface area contributed by atoms with Gasteiger partial charge in [0, 0.05) is 31.2 Å².